The number of hydrogen-bond acceptors (Lipinski definition) is 0. The van der Waals surface area contributed by atoms with Crippen LogP contribution in [0.25, 0.3) is 32.7 Å². The van der Waals surface area contributed by atoms with E-state index in [1.807, 2.05) is 0 Å². The fraction of sp³-hybridized carbons (Fsp3) is 0.0909. The van der Waals surface area contributed by atoms with E-state index in [0.717, 1.165) is 0 Å². The maximum absolute atomic E-state index is 2.25. The van der Waals surface area contributed by atoms with Crippen molar-refractivity contribution in [2.24, 2.45) is 0 Å². The number of hydrogen-bond donors (Lipinski definition) is 0. The SMILES string of the molecule is Cc1ccccc1-c1c2ccccc2c(C)c2ccccc12. The van der Waals surface area contributed by atoms with Crippen LogP contribution in [-0.4, -0.2) is 0 Å². The van der Waals surface area contributed by atoms with Crippen LogP contribution in [0.2, 0.25) is 0 Å². The van der Waals surface area contributed by atoms with E-state index < -0.39 is 0 Å². The topological polar surface area (TPSA) is 0 Å². The molecule has 0 radical (unpaired) electrons. The molecule has 0 fully saturated rings. The molecule has 0 nitrogen and oxygen atoms in total. The van der Waals surface area contributed by atoms with Gasteiger partial charge in [0.05, 0.1) is 0 Å². The average Bonchev–Trinajstić information content (AvgIpc) is 2.57. The van der Waals surface area contributed by atoms with Crippen LogP contribution >= 0.6 is 0 Å². The van der Waals surface area contributed by atoms with E-state index in [0.29, 0.717) is 0 Å². The van der Waals surface area contributed by atoms with E-state index in [1.54, 1.807) is 0 Å². The number of rotatable bonds is 1. The molecule has 0 unspecified atom stereocenters. The van der Waals surface area contributed by atoms with E-state index in [4.69, 9.17) is 0 Å². The van der Waals surface area contributed by atoms with Gasteiger partial charge < -0.3 is 0 Å². The Hall–Kier alpha value is -2.60. The number of aryl methyl sites for hydroxylation is 2. The Balaban J connectivity index is 2.29. The Labute approximate surface area is 131 Å². The summed E-state index contributed by atoms with van der Waals surface area (Å²) in [6, 6.07) is 26.2. The first-order chi connectivity index (χ1) is 10.8. The number of benzene rings is 4. The quantitative estimate of drug-likeness (QED) is 0.360. The van der Waals surface area contributed by atoms with Crippen molar-refractivity contribution in [1.29, 1.82) is 0 Å². The van der Waals surface area contributed by atoms with Crippen LogP contribution in [0.4, 0.5) is 0 Å². The molecule has 0 saturated heterocycles. The molecule has 0 saturated carbocycles. The standard InChI is InChI=1S/C22H18/c1-15-9-3-4-10-17(15)22-20-13-7-5-11-18(20)16(2)19-12-6-8-14-21(19)22/h3-14H,1-2H3. The van der Waals surface area contributed by atoms with Gasteiger partial charge in [0.2, 0.25) is 0 Å². The zero-order valence-corrected chi connectivity index (χ0v) is 12.9. The third kappa shape index (κ3) is 1.84. The smallest absolute Gasteiger partial charge is 0.00240 e. The van der Waals surface area contributed by atoms with Gasteiger partial charge in [0, 0.05) is 0 Å². The molecule has 106 valence electrons. The van der Waals surface area contributed by atoms with Crippen LogP contribution in [0.15, 0.2) is 72.8 Å². The minimum Gasteiger partial charge on any atom is -0.0620 e. The Morgan fingerprint density at radius 2 is 0.955 bits per heavy atom. The lowest BCUT2D eigenvalue weighted by Crippen LogP contribution is -1.90. The molecule has 0 heterocycles. The minimum atomic E-state index is 1.32. The lowest BCUT2D eigenvalue weighted by molar-refractivity contribution is 1.47. The first-order valence-corrected chi connectivity index (χ1v) is 7.73. The third-order valence-electron chi connectivity index (χ3n) is 4.62. The molecule has 0 N–H and O–H groups in total. The molecular formula is C22H18. The number of fused-ring (bicyclic) bond motifs is 2. The van der Waals surface area contributed by atoms with Crippen molar-refractivity contribution < 1.29 is 0 Å². The highest BCUT2D eigenvalue weighted by Gasteiger charge is 2.13. The van der Waals surface area contributed by atoms with Gasteiger partial charge in [-0.2, -0.15) is 0 Å². The summed E-state index contributed by atoms with van der Waals surface area (Å²) < 4.78 is 0. The highest BCUT2D eigenvalue weighted by Crippen LogP contribution is 2.39. The van der Waals surface area contributed by atoms with Crippen LogP contribution in [0.1, 0.15) is 11.1 Å². The summed E-state index contributed by atoms with van der Waals surface area (Å²) in [5.41, 5.74) is 5.37. The Kier molecular flexibility index (Phi) is 2.97. The van der Waals surface area contributed by atoms with Crippen molar-refractivity contribution in [3.63, 3.8) is 0 Å². The van der Waals surface area contributed by atoms with E-state index in [1.165, 1.54) is 43.8 Å². The predicted molar refractivity (Wildman–Crippen MR) is 96.4 cm³/mol. The van der Waals surface area contributed by atoms with Crippen LogP contribution in [0, 0.1) is 13.8 Å². The zero-order chi connectivity index (χ0) is 15.1. The molecule has 0 aliphatic heterocycles. The second-order valence-electron chi connectivity index (χ2n) is 5.91. The first kappa shape index (κ1) is 13.1. The Morgan fingerprint density at radius 3 is 1.50 bits per heavy atom. The average molecular weight is 282 g/mol. The maximum atomic E-state index is 2.25. The van der Waals surface area contributed by atoms with Crippen molar-refractivity contribution in [1.82, 2.24) is 0 Å². The van der Waals surface area contributed by atoms with E-state index >= 15 is 0 Å². The normalized spacial score (nSPS) is 11.2. The monoisotopic (exact) mass is 282 g/mol. The largest absolute Gasteiger partial charge is 0.0620 e. The molecule has 0 atom stereocenters. The first-order valence-electron chi connectivity index (χ1n) is 7.73. The second-order valence-corrected chi connectivity index (χ2v) is 5.91. The summed E-state index contributed by atoms with van der Waals surface area (Å²) in [6.45, 7) is 4.42. The fourth-order valence-electron chi connectivity index (χ4n) is 3.49. The molecule has 0 spiro atoms. The van der Waals surface area contributed by atoms with Crippen molar-refractivity contribution in [2.45, 2.75) is 13.8 Å². The minimum absolute atomic E-state index is 1.32. The Bertz CT molecular complexity index is 936. The molecule has 4 aromatic rings. The van der Waals surface area contributed by atoms with E-state index in [9.17, 15) is 0 Å². The summed E-state index contributed by atoms with van der Waals surface area (Å²) in [6.07, 6.45) is 0. The van der Waals surface area contributed by atoms with Crippen LogP contribution in [-0.2, 0) is 0 Å². The lowest BCUT2D eigenvalue weighted by Gasteiger charge is -2.16. The van der Waals surface area contributed by atoms with Gasteiger partial charge in [-0.1, -0.05) is 72.8 Å². The molecule has 0 heteroatoms. The molecule has 0 aliphatic carbocycles. The van der Waals surface area contributed by atoms with Gasteiger partial charge in [-0.3, -0.25) is 0 Å². The van der Waals surface area contributed by atoms with Gasteiger partial charge >= 0.3 is 0 Å². The molecule has 22 heavy (non-hydrogen) atoms. The van der Waals surface area contributed by atoms with Gasteiger partial charge in [0.1, 0.15) is 0 Å². The molecule has 0 aromatic heterocycles. The summed E-state index contributed by atoms with van der Waals surface area (Å²) in [4.78, 5) is 0. The van der Waals surface area contributed by atoms with Gasteiger partial charge in [-0.25, -0.2) is 0 Å². The van der Waals surface area contributed by atoms with Crippen molar-refractivity contribution in [2.75, 3.05) is 0 Å². The van der Waals surface area contributed by atoms with Gasteiger partial charge in [-0.05, 0) is 57.6 Å². The van der Waals surface area contributed by atoms with Crippen LogP contribution in [0.5, 0.6) is 0 Å². The van der Waals surface area contributed by atoms with E-state index in [-0.39, 0.29) is 0 Å². The molecule has 4 rings (SSSR count). The summed E-state index contributed by atoms with van der Waals surface area (Å²) in [5.74, 6) is 0. The van der Waals surface area contributed by atoms with E-state index in [2.05, 4.69) is 86.6 Å². The maximum Gasteiger partial charge on any atom is -0.00240 e. The predicted octanol–water partition coefficient (Wildman–Crippen LogP) is 6.28. The zero-order valence-electron chi connectivity index (χ0n) is 12.9. The van der Waals surface area contributed by atoms with Crippen molar-refractivity contribution >= 4 is 21.5 Å². The highest BCUT2D eigenvalue weighted by molar-refractivity contribution is 6.15. The molecular weight excluding hydrogens is 264 g/mol. The second kappa shape index (κ2) is 4.99. The van der Waals surface area contributed by atoms with Gasteiger partial charge in [0.25, 0.3) is 0 Å². The van der Waals surface area contributed by atoms with Crippen LogP contribution in [0.3, 0.4) is 0 Å². The summed E-state index contributed by atoms with van der Waals surface area (Å²) >= 11 is 0. The highest BCUT2D eigenvalue weighted by atomic mass is 14.2. The Morgan fingerprint density at radius 1 is 0.500 bits per heavy atom. The van der Waals surface area contributed by atoms with Gasteiger partial charge in [0.15, 0.2) is 0 Å². The van der Waals surface area contributed by atoms with Crippen molar-refractivity contribution in [3.05, 3.63) is 83.9 Å². The summed E-state index contributed by atoms with van der Waals surface area (Å²) in [7, 11) is 0. The molecule has 0 bridgehead atoms. The lowest BCUT2D eigenvalue weighted by atomic mass is 9.87. The fourth-order valence-corrected chi connectivity index (χ4v) is 3.49. The third-order valence-corrected chi connectivity index (χ3v) is 4.62. The van der Waals surface area contributed by atoms with Gasteiger partial charge in [-0.15, -0.1) is 0 Å². The summed E-state index contributed by atoms with van der Waals surface area (Å²) in [5, 5.41) is 5.37. The molecule has 0 amide bonds. The van der Waals surface area contributed by atoms with Crippen molar-refractivity contribution in [3.8, 4) is 11.1 Å². The van der Waals surface area contributed by atoms with Crippen LogP contribution < -0.4 is 0 Å². The molecule has 4 aromatic carbocycles. The molecule has 0 aliphatic rings.